The van der Waals surface area contributed by atoms with Gasteiger partial charge in [-0.15, -0.1) is 11.3 Å². The Hall–Kier alpha value is -0.100. The predicted molar refractivity (Wildman–Crippen MR) is 85.7 cm³/mol. The van der Waals surface area contributed by atoms with Crippen molar-refractivity contribution in [1.82, 2.24) is 10.4 Å². The van der Waals surface area contributed by atoms with E-state index >= 15 is 0 Å². The molecule has 2 rings (SSSR count). The number of nitrogens with zero attached hydrogens (tertiary/aromatic N) is 1. The van der Waals surface area contributed by atoms with Crippen molar-refractivity contribution in [2.45, 2.75) is 63.2 Å². The number of nitrogens with two attached hydrogens (primary N) is 1. The summed E-state index contributed by atoms with van der Waals surface area (Å²) in [6.07, 6.45) is 3.47. The normalized spacial score (nSPS) is 25.7. The second-order valence-corrected chi connectivity index (χ2v) is 9.14. The number of thiazole rings is 1. The molecule has 19 heavy (non-hydrogen) atoms. The highest BCUT2D eigenvalue weighted by Gasteiger charge is 2.37. The first-order valence-electron chi connectivity index (χ1n) is 6.90. The van der Waals surface area contributed by atoms with E-state index < -0.39 is 0 Å². The summed E-state index contributed by atoms with van der Waals surface area (Å²) in [5.41, 5.74) is 4.35. The van der Waals surface area contributed by atoms with Gasteiger partial charge < -0.3 is 0 Å². The second-order valence-electron chi connectivity index (χ2n) is 6.56. The zero-order valence-electron chi connectivity index (χ0n) is 12.3. The van der Waals surface area contributed by atoms with E-state index in [1.54, 1.807) is 11.3 Å². The summed E-state index contributed by atoms with van der Waals surface area (Å²) in [7, 11) is 0. The number of hydrogen-bond donors (Lipinski definition) is 2. The van der Waals surface area contributed by atoms with Gasteiger partial charge in [0.25, 0.3) is 0 Å². The lowest BCUT2D eigenvalue weighted by Gasteiger charge is -2.32. The van der Waals surface area contributed by atoms with Crippen molar-refractivity contribution in [3.05, 3.63) is 16.1 Å². The van der Waals surface area contributed by atoms with E-state index in [-0.39, 0.29) is 10.2 Å². The van der Waals surface area contributed by atoms with E-state index in [9.17, 15) is 0 Å². The van der Waals surface area contributed by atoms with Crippen LogP contribution in [0.1, 0.15) is 51.2 Å². The SMILES string of the molecule is CC(C)(C)c1csc(CC(NN)C2(C)CCCS2)n1. The zero-order chi connectivity index (χ0) is 14.1. The molecule has 1 aliphatic heterocycles. The van der Waals surface area contributed by atoms with Crippen LogP contribution in [0.4, 0.5) is 0 Å². The van der Waals surface area contributed by atoms with Gasteiger partial charge in [0.05, 0.1) is 10.7 Å². The Morgan fingerprint density at radius 3 is 2.74 bits per heavy atom. The minimum atomic E-state index is 0.131. The third-order valence-corrected chi connectivity index (χ3v) is 6.40. The lowest BCUT2D eigenvalue weighted by Crippen LogP contribution is -2.50. The number of aromatic nitrogens is 1. The van der Waals surface area contributed by atoms with Gasteiger partial charge in [-0.05, 0) is 25.5 Å². The van der Waals surface area contributed by atoms with E-state index in [0.717, 1.165) is 6.42 Å². The molecule has 0 bridgehead atoms. The van der Waals surface area contributed by atoms with Gasteiger partial charge in [-0.3, -0.25) is 11.3 Å². The summed E-state index contributed by atoms with van der Waals surface area (Å²) in [5, 5.41) is 3.38. The predicted octanol–water partition coefficient (Wildman–Crippen LogP) is 3.10. The average molecular weight is 300 g/mol. The van der Waals surface area contributed by atoms with Gasteiger partial charge in [0.2, 0.25) is 0 Å². The quantitative estimate of drug-likeness (QED) is 0.662. The molecular weight excluding hydrogens is 274 g/mol. The van der Waals surface area contributed by atoms with Crippen LogP contribution in [0.25, 0.3) is 0 Å². The first kappa shape index (κ1) is 15.3. The molecule has 0 saturated carbocycles. The Kier molecular flexibility index (Phi) is 4.60. The number of rotatable bonds is 4. The van der Waals surface area contributed by atoms with Gasteiger partial charge in [-0.1, -0.05) is 20.8 Å². The topological polar surface area (TPSA) is 50.9 Å². The third kappa shape index (κ3) is 3.51. The summed E-state index contributed by atoms with van der Waals surface area (Å²) < 4.78 is 0.252. The highest BCUT2D eigenvalue weighted by atomic mass is 32.2. The molecule has 0 spiro atoms. The van der Waals surface area contributed by atoms with Gasteiger partial charge in [0, 0.05) is 28.0 Å². The molecule has 3 N–H and O–H groups in total. The van der Waals surface area contributed by atoms with Crippen LogP contribution in [0.2, 0.25) is 0 Å². The highest BCUT2D eigenvalue weighted by Crippen LogP contribution is 2.41. The van der Waals surface area contributed by atoms with Gasteiger partial charge in [0.15, 0.2) is 0 Å². The molecule has 5 heteroatoms. The van der Waals surface area contributed by atoms with Crippen molar-refractivity contribution >= 4 is 23.1 Å². The minimum absolute atomic E-state index is 0.131. The number of thioether (sulfide) groups is 1. The maximum absolute atomic E-state index is 5.79. The molecule has 0 amide bonds. The molecule has 3 nitrogen and oxygen atoms in total. The molecule has 0 aliphatic carbocycles. The number of hydrazine groups is 1. The van der Waals surface area contributed by atoms with Gasteiger partial charge in [0.1, 0.15) is 0 Å². The molecule has 1 aliphatic rings. The molecule has 1 aromatic rings. The van der Waals surface area contributed by atoms with Crippen LogP contribution in [0, 0.1) is 0 Å². The number of nitrogens with one attached hydrogen (secondary N) is 1. The molecule has 1 aromatic heterocycles. The number of hydrogen-bond acceptors (Lipinski definition) is 5. The molecular formula is C14H25N3S2. The third-order valence-electron chi connectivity index (χ3n) is 3.89. The average Bonchev–Trinajstić information content (AvgIpc) is 2.94. The maximum atomic E-state index is 5.79. The van der Waals surface area contributed by atoms with Gasteiger partial charge >= 0.3 is 0 Å². The maximum Gasteiger partial charge on any atom is 0.0945 e. The van der Waals surface area contributed by atoms with Crippen LogP contribution in [0.5, 0.6) is 0 Å². The molecule has 2 atom stereocenters. The van der Waals surface area contributed by atoms with E-state index in [0.29, 0.717) is 6.04 Å². The fourth-order valence-electron chi connectivity index (χ4n) is 2.45. The first-order chi connectivity index (χ1) is 8.85. The summed E-state index contributed by atoms with van der Waals surface area (Å²) in [5.74, 6) is 7.04. The van der Waals surface area contributed by atoms with Crippen LogP contribution >= 0.6 is 23.1 Å². The van der Waals surface area contributed by atoms with E-state index in [2.05, 4.69) is 38.5 Å². The first-order valence-corrected chi connectivity index (χ1v) is 8.77. The molecule has 0 aromatic carbocycles. The second kappa shape index (κ2) is 5.72. The highest BCUT2D eigenvalue weighted by molar-refractivity contribution is 8.00. The van der Waals surface area contributed by atoms with Gasteiger partial charge in [-0.2, -0.15) is 11.8 Å². The standard InChI is InChI=1S/C14H25N3S2/c1-13(2,3)11-9-18-12(16-11)8-10(17-15)14(4)6-5-7-19-14/h9-10,17H,5-8,15H2,1-4H3. The Balaban J connectivity index is 2.08. The molecule has 1 saturated heterocycles. The summed E-state index contributed by atoms with van der Waals surface area (Å²) >= 11 is 3.80. The van der Waals surface area contributed by atoms with Crippen molar-refractivity contribution in [2.24, 2.45) is 5.84 Å². The summed E-state index contributed by atoms with van der Waals surface area (Å²) in [6, 6.07) is 0.305. The summed E-state index contributed by atoms with van der Waals surface area (Å²) in [6.45, 7) is 8.95. The van der Waals surface area contributed by atoms with Crippen molar-refractivity contribution in [1.29, 1.82) is 0 Å². The Morgan fingerprint density at radius 2 is 2.26 bits per heavy atom. The van der Waals surface area contributed by atoms with Crippen LogP contribution in [0.15, 0.2) is 5.38 Å². The molecule has 0 radical (unpaired) electrons. The minimum Gasteiger partial charge on any atom is -0.271 e. The summed E-state index contributed by atoms with van der Waals surface area (Å²) in [4.78, 5) is 4.79. The molecule has 2 heterocycles. The monoisotopic (exact) mass is 299 g/mol. The van der Waals surface area contributed by atoms with E-state index in [1.165, 1.54) is 29.3 Å². The van der Waals surface area contributed by atoms with Crippen LogP contribution in [-0.4, -0.2) is 21.5 Å². The lowest BCUT2D eigenvalue weighted by atomic mass is 9.93. The Morgan fingerprint density at radius 1 is 1.53 bits per heavy atom. The van der Waals surface area contributed by atoms with Crippen molar-refractivity contribution in [3.63, 3.8) is 0 Å². The largest absolute Gasteiger partial charge is 0.271 e. The molecule has 108 valence electrons. The van der Waals surface area contributed by atoms with Crippen LogP contribution in [0.3, 0.4) is 0 Å². The Bertz CT molecular complexity index is 417. The van der Waals surface area contributed by atoms with E-state index in [4.69, 9.17) is 10.8 Å². The molecule has 2 unspecified atom stereocenters. The van der Waals surface area contributed by atoms with Crippen molar-refractivity contribution in [2.75, 3.05) is 5.75 Å². The Labute approximate surface area is 124 Å². The van der Waals surface area contributed by atoms with Gasteiger partial charge in [-0.25, -0.2) is 4.98 Å². The molecule has 1 fully saturated rings. The van der Waals surface area contributed by atoms with Crippen molar-refractivity contribution < 1.29 is 0 Å². The smallest absolute Gasteiger partial charge is 0.0945 e. The fourth-order valence-corrected chi connectivity index (χ4v) is 4.91. The van der Waals surface area contributed by atoms with E-state index in [1.807, 2.05) is 11.8 Å². The van der Waals surface area contributed by atoms with Crippen LogP contribution < -0.4 is 11.3 Å². The lowest BCUT2D eigenvalue weighted by molar-refractivity contribution is 0.404. The van der Waals surface area contributed by atoms with Crippen LogP contribution in [-0.2, 0) is 11.8 Å². The zero-order valence-corrected chi connectivity index (χ0v) is 14.0. The van der Waals surface area contributed by atoms with Crippen molar-refractivity contribution in [3.8, 4) is 0 Å². The fraction of sp³-hybridized carbons (Fsp3) is 0.786.